The van der Waals surface area contributed by atoms with E-state index in [2.05, 4.69) is 15.6 Å². The lowest BCUT2D eigenvalue weighted by Gasteiger charge is -2.14. The van der Waals surface area contributed by atoms with Gasteiger partial charge >= 0.3 is 5.97 Å². The Kier molecular flexibility index (Phi) is 7.57. The summed E-state index contributed by atoms with van der Waals surface area (Å²) in [6, 6.07) is 14.1. The maximum Gasteiger partial charge on any atom is 0.338 e. The van der Waals surface area contributed by atoms with E-state index in [0.29, 0.717) is 35.9 Å². The molecule has 7 nitrogen and oxygen atoms in total. The molecule has 1 heterocycles. The molecule has 2 N–H and O–H groups in total. The third-order valence-corrected chi connectivity index (χ3v) is 4.68. The van der Waals surface area contributed by atoms with Gasteiger partial charge < -0.3 is 14.8 Å². The molecule has 2 aromatic rings. The highest BCUT2D eigenvalue weighted by Crippen LogP contribution is 2.13. The fraction of sp³-hybridized carbons (Fsp3) is 0.348. The van der Waals surface area contributed by atoms with Gasteiger partial charge in [0, 0.05) is 17.9 Å². The van der Waals surface area contributed by atoms with Crippen molar-refractivity contribution in [1.82, 2.24) is 5.32 Å². The lowest BCUT2D eigenvalue weighted by molar-refractivity contribution is 0.0526. The lowest BCUT2D eigenvalue weighted by atomic mass is 10.1. The molecule has 1 amide bonds. The Morgan fingerprint density at radius 1 is 1.10 bits per heavy atom. The van der Waals surface area contributed by atoms with Crippen LogP contribution in [0.5, 0.6) is 0 Å². The van der Waals surface area contributed by atoms with Crippen molar-refractivity contribution in [3.05, 3.63) is 65.2 Å². The van der Waals surface area contributed by atoms with Crippen LogP contribution in [0.25, 0.3) is 0 Å². The van der Waals surface area contributed by atoms with Gasteiger partial charge in [0.1, 0.15) is 0 Å². The number of rotatable bonds is 6. The normalized spacial score (nSPS) is 16.2. The van der Waals surface area contributed by atoms with Crippen LogP contribution in [0.3, 0.4) is 0 Å². The number of benzene rings is 2. The van der Waals surface area contributed by atoms with Crippen molar-refractivity contribution in [2.75, 3.05) is 25.1 Å². The maximum atomic E-state index is 12.6. The monoisotopic (exact) mass is 409 g/mol. The number of esters is 1. The van der Waals surface area contributed by atoms with E-state index in [1.807, 2.05) is 19.1 Å². The molecule has 1 unspecified atom stereocenters. The molecule has 2 aromatic carbocycles. The van der Waals surface area contributed by atoms with Crippen LogP contribution in [-0.2, 0) is 9.47 Å². The standard InChI is InChI=1S/C23H27N3O4/c1-3-29-22(28)18-10-12-19(13-11-18)25-23(24-15-20-5-4-14-30-20)26-21(27)17-8-6-16(2)7-9-17/h6-13,20H,3-5,14-15H2,1-2H3,(H2,24,25,26,27). The molecule has 1 atom stereocenters. The van der Waals surface area contributed by atoms with Crippen LogP contribution in [0, 0.1) is 6.92 Å². The molecule has 1 aliphatic rings. The van der Waals surface area contributed by atoms with Gasteiger partial charge in [-0.15, -0.1) is 0 Å². The van der Waals surface area contributed by atoms with Gasteiger partial charge in [0.05, 0.1) is 24.8 Å². The Labute approximate surface area is 176 Å². The summed E-state index contributed by atoms with van der Waals surface area (Å²) in [6.07, 6.45) is 2.04. The van der Waals surface area contributed by atoms with E-state index in [1.165, 1.54) is 0 Å². The van der Waals surface area contributed by atoms with Gasteiger partial charge in [-0.1, -0.05) is 17.7 Å². The molecule has 0 saturated carbocycles. The molecule has 1 aliphatic heterocycles. The van der Waals surface area contributed by atoms with Crippen LogP contribution in [0.1, 0.15) is 46.0 Å². The number of nitrogens with zero attached hydrogens (tertiary/aromatic N) is 1. The van der Waals surface area contributed by atoms with E-state index in [1.54, 1.807) is 43.3 Å². The van der Waals surface area contributed by atoms with Crippen molar-refractivity contribution in [2.45, 2.75) is 32.8 Å². The van der Waals surface area contributed by atoms with Crippen LogP contribution in [-0.4, -0.2) is 43.7 Å². The molecule has 0 aromatic heterocycles. The topological polar surface area (TPSA) is 89.0 Å². The average Bonchev–Trinajstić information content (AvgIpc) is 3.27. The number of aliphatic imine (C=N–C) groups is 1. The third kappa shape index (κ3) is 6.15. The van der Waals surface area contributed by atoms with Gasteiger partial charge in [0.2, 0.25) is 5.96 Å². The zero-order valence-corrected chi connectivity index (χ0v) is 17.3. The highest BCUT2D eigenvalue weighted by Gasteiger charge is 2.16. The summed E-state index contributed by atoms with van der Waals surface area (Å²) in [7, 11) is 0. The van der Waals surface area contributed by atoms with Gasteiger partial charge in [0.25, 0.3) is 5.91 Å². The molecule has 0 bridgehead atoms. The molecule has 0 spiro atoms. The van der Waals surface area contributed by atoms with Crippen molar-refractivity contribution in [3.8, 4) is 0 Å². The smallest absolute Gasteiger partial charge is 0.338 e. The van der Waals surface area contributed by atoms with E-state index in [0.717, 1.165) is 25.0 Å². The van der Waals surface area contributed by atoms with Crippen molar-refractivity contribution in [3.63, 3.8) is 0 Å². The van der Waals surface area contributed by atoms with Crippen molar-refractivity contribution >= 4 is 23.5 Å². The summed E-state index contributed by atoms with van der Waals surface area (Å²) in [6.45, 7) is 5.26. The Hall–Kier alpha value is -3.19. The Morgan fingerprint density at radius 2 is 1.80 bits per heavy atom. The first-order chi connectivity index (χ1) is 14.5. The summed E-state index contributed by atoms with van der Waals surface area (Å²) in [5.74, 6) is -0.291. The van der Waals surface area contributed by atoms with Crippen LogP contribution in [0.2, 0.25) is 0 Å². The number of hydrogen-bond donors (Lipinski definition) is 2. The summed E-state index contributed by atoms with van der Waals surface area (Å²) < 4.78 is 10.6. The van der Waals surface area contributed by atoms with E-state index in [-0.39, 0.29) is 18.0 Å². The van der Waals surface area contributed by atoms with E-state index in [9.17, 15) is 9.59 Å². The summed E-state index contributed by atoms with van der Waals surface area (Å²) in [5, 5.41) is 5.96. The second-order valence-electron chi connectivity index (χ2n) is 7.07. The lowest BCUT2D eigenvalue weighted by Crippen LogP contribution is -2.36. The first-order valence-corrected chi connectivity index (χ1v) is 10.1. The van der Waals surface area contributed by atoms with Gasteiger partial charge in [-0.2, -0.15) is 0 Å². The van der Waals surface area contributed by atoms with Gasteiger partial charge in [-0.05, 0) is 63.1 Å². The number of ether oxygens (including phenoxy) is 2. The molecule has 1 saturated heterocycles. The van der Waals surface area contributed by atoms with Crippen molar-refractivity contribution < 1.29 is 19.1 Å². The Balaban J connectivity index is 1.71. The second-order valence-corrected chi connectivity index (χ2v) is 7.07. The minimum Gasteiger partial charge on any atom is -0.462 e. The molecular formula is C23H27N3O4. The predicted octanol–water partition coefficient (Wildman–Crippen LogP) is 3.55. The van der Waals surface area contributed by atoms with Crippen molar-refractivity contribution in [1.29, 1.82) is 0 Å². The molecule has 0 aliphatic carbocycles. The largest absolute Gasteiger partial charge is 0.462 e. The van der Waals surface area contributed by atoms with Crippen LogP contribution >= 0.6 is 0 Å². The van der Waals surface area contributed by atoms with Crippen LogP contribution < -0.4 is 10.6 Å². The number of guanidine groups is 1. The summed E-state index contributed by atoms with van der Waals surface area (Å²) in [4.78, 5) is 29.0. The molecule has 30 heavy (non-hydrogen) atoms. The zero-order valence-electron chi connectivity index (χ0n) is 17.3. The summed E-state index contributed by atoms with van der Waals surface area (Å²) in [5.41, 5.74) is 2.78. The fourth-order valence-electron chi connectivity index (χ4n) is 3.02. The number of hydrogen-bond acceptors (Lipinski definition) is 5. The van der Waals surface area contributed by atoms with E-state index >= 15 is 0 Å². The number of carbonyl (C=O) groups is 2. The van der Waals surface area contributed by atoms with Crippen LogP contribution in [0.15, 0.2) is 53.5 Å². The quantitative estimate of drug-likeness (QED) is 0.433. The van der Waals surface area contributed by atoms with E-state index < -0.39 is 0 Å². The first kappa shape index (κ1) is 21.5. The highest BCUT2D eigenvalue weighted by molar-refractivity contribution is 6.10. The first-order valence-electron chi connectivity index (χ1n) is 10.1. The number of anilines is 1. The predicted molar refractivity (Wildman–Crippen MR) is 116 cm³/mol. The SMILES string of the molecule is CCOC(=O)c1ccc(NC(=NCC2CCCO2)NC(=O)c2ccc(C)cc2)cc1. The molecule has 0 radical (unpaired) electrons. The second kappa shape index (κ2) is 10.5. The molecule has 1 fully saturated rings. The van der Waals surface area contributed by atoms with Gasteiger partial charge in [-0.3, -0.25) is 10.1 Å². The molecule has 3 rings (SSSR count). The molecular weight excluding hydrogens is 382 g/mol. The number of carbonyl (C=O) groups excluding carboxylic acids is 2. The van der Waals surface area contributed by atoms with Crippen LogP contribution in [0.4, 0.5) is 5.69 Å². The Morgan fingerprint density at radius 3 is 2.43 bits per heavy atom. The maximum absolute atomic E-state index is 12.6. The zero-order chi connectivity index (χ0) is 21.3. The highest BCUT2D eigenvalue weighted by atomic mass is 16.5. The van der Waals surface area contributed by atoms with Gasteiger partial charge in [-0.25, -0.2) is 9.79 Å². The minimum atomic E-state index is -0.371. The number of nitrogens with one attached hydrogen (secondary N) is 2. The molecule has 158 valence electrons. The van der Waals surface area contributed by atoms with Crippen molar-refractivity contribution in [2.24, 2.45) is 4.99 Å². The minimum absolute atomic E-state index is 0.0595. The molecule has 7 heteroatoms. The van der Waals surface area contributed by atoms with E-state index in [4.69, 9.17) is 9.47 Å². The van der Waals surface area contributed by atoms with Gasteiger partial charge in [0.15, 0.2) is 0 Å². The summed E-state index contributed by atoms with van der Waals surface area (Å²) >= 11 is 0. The third-order valence-electron chi connectivity index (χ3n) is 4.68. The Bertz CT molecular complexity index is 886. The number of amides is 1. The fourth-order valence-corrected chi connectivity index (χ4v) is 3.02. The average molecular weight is 409 g/mol. The number of aryl methyl sites for hydroxylation is 1.